The number of carbonyl (C=O) groups excluding carboxylic acids is 2. The molecule has 2 aromatic rings. The molecule has 5 nitrogen and oxygen atoms in total. The summed E-state index contributed by atoms with van der Waals surface area (Å²) >= 11 is 0. The Morgan fingerprint density at radius 1 is 1.17 bits per heavy atom. The molecule has 0 saturated heterocycles. The maximum atomic E-state index is 12.2. The van der Waals surface area contributed by atoms with Gasteiger partial charge in [0, 0.05) is 11.3 Å². The highest BCUT2D eigenvalue weighted by molar-refractivity contribution is 5.94. The van der Waals surface area contributed by atoms with Crippen LogP contribution in [-0.2, 0) is 4.79 Å². The maximum absolute atomic E-state index is 12.2. The van der Waals surface area contributed by atoms with Crippen molar-refractivity contribution in [1.29, 1.82) is 0 Å². The molecule has 0 radical (unpaired) electrons. The van der Waals surface area contributed by atoms with Crippen molar-refractivity contribution in [3.63, 3.8) is 0 Å². The van der Waals surface area contributed by atoms with Gasteiger partial charge in [-0.25, -0.2) is 0 Å². The van der Waals surface area contributed by atoms with Gasteiger partial charge in [-0.1, -0.05) is 12.1 Å². The summed E-state index contributed by atoms with van der Waals surface area (Å²) in [6.07, 6.45) is -0.0321. The second-order valence-electron chi connectivity index (χ2n) is 5.15. The fourth-order valence-corrected chi connectivity index (χ4v) is 2.07. The van der Waals surface area contributed by atoms with Crippen LogP contribution in [0.15, 0.2) is 42.5 Å². The predicted molar refractivity (Wildman–Crippen MR) is 88.3 cm³/mol. The number of carbonyl (C=O) groups is 2. The molecule has 0 heterocycles. The highest BCUT2D eigenvalue weighted by Gasteiger charge is 2.17. The summed E-state index contributed by atoms with van der Waals surface area (Å²) in [5.74, 6) is 0.531. The van der Waals surface area contributed by atoms with Crippen molar-refractivity contribution in [2.75, 3.05) is 12.4 Å². The first-order chi connectivity index (χ1) is 11.0. The largest absolute Gasteiger partial charge is 0.493 e. The molecule has 0 aromatic heterocycles. The molecule has 1 amide bonds. The van der Waals surface area contributed by atoms with Crippen molar-refractivity contribution in [2.45, 2.75) is 20.0 Å². The molecule has 1 unspecified atom stereocenters. The minimum Gasteiger partial charge on any atom is -0.493 e. The lowest BCUT2D eigenvalue weighted by atomic mass is 10.2. The van der Waals surface area contributed by atoms with Gasteiger partial charge in [0.1, 0.15) is 6.29 Å². The van der Waals surface area contributed by atoms with Crippen LogP contribution in [0.25, 0.3) is 0 Å². The number of aryl methyl sites for hydroxylation is 1. The molecule has 0 aliphatic carbocycles. The van der Waals surface area contributed by atoms with E-state index >= 15 is 0 Å². The number of anilines is 1. The third kappa shape index (κ3) is 4.32. The lowest BCUT2D eigenvalue weighted by Gasteiger charge is -2.17. The van der Waals surface area contributed by atoms with E-state index in [1.807, 2.05) is 31.2 Å². The molecule has 0 bridgehead atoms. The Labute approximate surface area is 135 Å². The first-order valence-corrected chi connectivity index (χ1v) is 7.21. The fraction of sp³-hybridized carbons (Fsp3) is 0.222. The second kappa shape index (κ2) is 7.45. The van der Waals surface area contributed by atoms with Crippen molar-refractivity contribution in [3.05, 3.63) is 53.6 Å². The Balaban J connectivity index is 2.10. The Hall–Kier alpha value is -2.82. The van der Waals surface area contributed by atoms with E-state index < -0.39 is 6.10 Å². The van der Waals surface area contributed by atoms with Gasteiger partial charge < -0.3 is 14.8 Å². The predicted octanol–water partition coefficient (Wildman–Crippen LogP) is 3.22. The van der Waals surface area contributed by atoms with Crippen molar-refractivity contribution in [3.8, 4) is 11.5 Å². The van der Waals surface area contributed by atoms with E-state index in [-0.39, 0.29) is 5.91 Å². The zero-order chi connectivity index (χ0) is 16.8. The Morgan fingerprint density at radius 2 is 1.96 bits per heavy atom. The molecule has 1 atom stereocenters. The number of methoxy groups -OCH3 is 1. The Kier molecular flexibility index (Phi) is 5.36. The smallest absolute Gasteiger partial charge is 0.265 e. The zero-order valence-electron chi connectivity index (χ0n) is 13.3. The SMILES string of the molecule is COc1ccc(C=O)cc1OC(C)C(=O)Nc1cccc(C)c1. The summed E-state index contributed by atoms with van der Waals surface area (Å²) < 4.78 is 10.8. The minimum absolute atomic E-state index is 0.283. The molecule has 5 heteroatoms. The molecule has 0 aliphatic rings. The van der Waals surface area contributed by atoms with Gasteiger partial charge in [-0.2, -0.15) is 0 Å². The van der Waals surface area contributed by atoms with Crippen LogP contribution in [0.4, 0.5) is 5.69 Å². The number of amides is 1. The summed E-state index contributed by atoms with van der Waals surface area (Å²) in [6.45, 7) is 3.59. The van der Waals surface area contributed by atoms with E-state index in [0.29, 0.717) is 29.0 Å². The average molecular weight is 313 g/mol. The van der Waals surface area contributed by atoms with Crippen molar-refractivity contribution < 1.29 is 19.1 Å². The molecule has 0 fully saturated rings. The number of nitrogens with one attached hydrogen (secondary N) is 1. The summed E-state index contributed by atoms with van der Waals surface area (Å²) in [6, 6.07) is 12.3. The van der Waals surface area contributed by atoms with Crippen LogP contribution in [0.1, 0.15) is 22.8 Å². The highest BCUT2D eigenvalue weighted by atomic mass is 16.5. The van der Waals surface area contributed by atoms with Crippen LogP contribution in [0.2, 0.25) is 0 Å². The summed E-state index contributed by atoms with van der Waals surface area (Å²) in [5, 5.41) is 2.79. The summed E-state index contributed by atoms with van der Waals surface area (Å²) in [4.78, 5) is 23.1. The van der Waals surface area contributed by atoms with Gasteiger partial charge in [0.2, 0.25) is 0 Å². The molecule has 1 N–H and O–H groups in total. The van der Waals surface area contributed by atoms with E-state index in [1.165, 1.54) is 7.11 Å². The van der Waals surface area contributed by atoms with Gasteiger partial charge in [0.05, 0.1) is 7.11 Å². The Bertz CT molecular complexity index is 712. The van der Waals surface area contributed by atoms with Gasteiger partial charge in [0.25, 0.3) is 5.91 Å². The topological polar surface area (TPSA) is 64.6 Å². The molecule has 2 aromatic carbocycles. The molecule has 0 spiro atoms. The number of hydrogen-bond acceptors (Lipinski definition) is 4. The molecule has 120 valence electrons. The first kappa shape index (κ1) is 16.5. The first-order valence-electron chi connectivity index (χ1n) is 7.21. The lowest BCUT2D eigenvalue weighted by molar-refractivity contribution is -0.122. The normalized spacial score (nSPS) is 11.4. The average Bonchev–Trinajstić information content (AvgIpc) is 2.54. The molecule has 23 heavy (non-hydrogen) atoms. The van der Waals surface area contributed by atoms with E-state index in [4.69, 9.17) is 9.47 Å². The van der Waals surface area contributed by atoms with Crippen molar-refractivity contribution in [1.82, 2.24) is 0 Å². The van der Waals surface area contributed by atoms with Gasteiger partial charge in [-0.15, -0.1) is 0 Å². The number of hydrogen-bond donors (Lipinski definition) is 1. The van der Waals surface area contributed by atoms with Gasteiger partial charge >= 0.3 is 0 Å². The lowest BCUT2D eigenvalue weighted by Crippen LogP contribution is -2.30. The highest BCUT2D eigenvalue weighted by Crippen LogP contribution is 2.28. The van der Waals surface area contributed by atoms with Crippen LogP contribution < -0.4 is 14.8 Å². The Morgan fingerprint density at radius 3 is 2.61 bits per heavy atom. The number of benzene rings is 2. The van der Waals surface area contributed by atoms with E-state index in [1.54, 1.807) is 25.1 Å². The fourth-order valence-electron chi connectivity index (χ4n) is 2.07. The minimum atomic E-state index is -0.744. The van der Waals surface area contributed by atoms with Crippen molar-refractivity contribution in [2.24, 2.45) is 0 Å². The summed E-state index contributed by atoms with van der Waals surface area (Å²) in [5.41, 5.74) is 2.21. The monoisotopic (exact) mass is 313 g/mol. The van der Waals surface area contributed by atoms with Crippen LogP contribution in [-0.4, -0.2) is 25.4 Å². The zero-order valence-corrected chi connectivity index (χ0v) is 13.3. The maximum Gasteiger partial charge on any atom is 0.265 e. The van der Waals surface area contributed by atoms with Gasteiger partial charge in [0.15, 0.2) is 17.6 Å². The van der Waals surface area contributed by atoms with Gasteiger partial charge in [-0.05, 0) is 49.7 Å². The van der Waals surface area contributed by atoms with E-state index in [9.17, 15) is 9.59 Å². The van der Waals surface area contributed by atoms with Crippen LogP contribution in [0, 0.1) is 6.92 Å². The van der Waals surface area contributed by atoms with E-state index in [0.717, 1.165) is 5.56 Å². The van der Waals surface area contributed by atoms with Crippen LogP contribution in [0.3, 0.4) is 0 Å². The van der Waals surface area contributed by atoms with Crippen LogP contribution in [0.5, 0.6) is 11.5 Å². The summed E-state index contributed by atoms with van der Waals surface area (Å²) in [7, 11) is 1.50. The molecular weight excluding hydrogens is 294 g/mol. The number of rotatable bonds is 6. The number of aldehydes is 1. The number of ether oxygens (including phenoxy) is 2. The molecule has 2 rings (SSSR count). The standard InChI is InChI=1S/C18H19NO4/c1-12-5-4-6-15(9-12)19-18(21)13(2)23-17-10-14(11-20)7-8-16(17)22-3/h4-11,13H,1-3H3,(H,19,21). The van der Waals surface area contributed by atoms with Gasteiger partial charge in [-0.3, -0.25) is 9.59 Å². The molecule has 0 saturated carbocycles. The third-order valence-corrected chi connectivity index (χ3v) is 3.28. The molecule has 0 aliphatic heterocycles. The van der Waals surface area contributed by atoms with Crippen LogP contribution >= 0.6 is 0 Å². The second-order valence-corrected chi connectivity index (χ2v) is 5.15. The quantitative estimate of drug-likeness (QED) is 0.832. The molecular formula is C18H19NO4. The van der Waals surface area contributed by atoms with Crippen molar-refractivity contribution >= 4 is 17.9 Å². The third-order valence-electron chi connectivity index (χ3n) is 3.28. The van der Waals surface area contributed by atoms with E-state index in [2.05, 4.69) is 5.32 Å².